The third kappa shape index (κ3) is 4.43. The summed E-state index contributed by atoms with van der Waals surface area (Å²) < 4.78 is 0. The first-order chi connectivity index (χ1) is 12.9. The monoisotopic (exact) mass is 406 g/mol. The summed E-state index contributed by atoms with van der Waals surface area (Å²) in [6, 6.07) is 13.1. The molecule has 1 aliphatic heterocycles. The number of hydrogen-bond donors (Lipinski definition) is 2. The third-order valence-corrected chi connectivity index (χ3v) is 5.25. The molecule has 3 rings (SSSR count). The first-order valence-electron chi connectivity index (χ1n) is 8.82. The average molecular weight is 407 g/mol. The Morgan fingerprint density at radius 2 is 1.78 bits per heavy atom. The zero-order valence-corrected chi connectivity index (χ0v) is 16.8. The lowest BCUT2D eigenvalue weighted by atomic mass is 10.1. The van der Waals surface area contributed by atoms with Crippen LogP contribution in [0.3, 0.4) is 0 Å². The van der Waals surface area contributed by atoms with Gasteiger partial charge in [-0.1, -0.05) is 47.5 Å². The fourth-order valence-electron chi connectivity index (χ4n) is 3.43. The number of nitrogens with zero attached hydrogens (tertiary/aromatic N) is 1. The van der Waals surface area contributed by atoms with Gasteiger partial charge in [-0.3, -0.25) is 9.59 Å². The van der Waals surface area contributed by atoms with Crippen molar-refractivity contribution in [1.29, 1.82) is 0 Å². The molecule has 2 aromatic rings. The predicted molar refractivity (Wildman–Crippen MR) is 109 cm³/mol. The zero-order chi connectivity index (χ0) is 19.6. The summed E-state index contributed by atoms with van der Waals surface area (Å²) in [6.45, 7) is 2.40. The molecule has 2 amide bonds. The Labute approximate surface area is 168 Å². The molecule has 0 radical (unpaired) electrons. The van der Waals surface area contributed by atoms with Crippen LogP contribution in [0.25, 0.3) is 0 Å². The van der Waals surface area contributed by atoms with E-state index in [1.54, 1.807) is 18.2 Å². The minimum absolute atomic E-state index is 0.00789. The van der Waals surface area contributed by atoms with Crippen LogP contribution in [-0.4, -0.2) is 38.0 Å². The number of carbonyl (C=O) groups excluding carboxylic acids is 2. The van der Waals surface area contributed by atoms with Crippen LogP contribution in [-0.2, 0) is 16.0 Å². The van der Waals surface area contributed by atoms with Crippen molar-refractivity contribution in [2.24, 2.45) is 0 Å². The fourth-order valence-corrected chi connectivity index (χ4v) is 3.92. The van der Waals surface area contributed by atoms with Crippen molar-refractivity contribution in [3.63, 3.8) is 0 Å². The number of likely N-dealkylation sites (N-methyl/N-ethyl adjacent to an activating group) is 1. The van der Waals surface area contributed by atoms with Crippen molar-refractivity contribution in [3.8, 4) is 0 Å². The normalized spacial score (nSPS) is 16.7. The minimum Gasteiger partial charge on any atom is -0.322 e. The minimum atomic E-state index is -0.245. The first-order valence-corrected chi connectivity index (χ1v) is 9.57. The molecule has 1 unspecified atom stereocenters. The Balaban J connectivity index is 1.60. The molecule has 2 N–H and O–H groups in total. The van der Waals surface area contributed by atoms with Crippen LogP contribution in [0, 0.1) is 0 Å². The number of rotatable bonds is 5. The number of hydrogen-bond acceptors (Lipinski definition) is 2. The maximum absolute atomic E-state index is 12.8. The van der Waals surface area contributed by atoms with E-state index in [0.717, 1.165) is 17.0 Å². The molecule has 0 saturated carbocycles. The van der Waals surface area contributed by atoms with Gasteiger partial charge in [0.1, 0.15) is 0 Å². The van der Waals surface area contributed by atoms with Gasteiger partial charge in [0.2, 0.25) is 0 Å². The summed E-state index contributed by atoms with van der Waals surface area (Å²) >= 11 is 12.2. The number of benzene rings is 2. The van der Waals surface area contributed by atoms with E-state index < -0.39 is 0 Å². The number of para-hydroxylation sites is 2. The van der Waals surface area contributed by atoms with Gasteiger partial charge in [-0.2, -0.15) is 0 Å². The maximum atomic E-state index is 12.8. The van der Waals surface area contributed by atoms with E-state index in [2.05, 4.69) is 11.4 Å². The van der Waals surface area contributed by atoms with E-state index in [1.807, 2.05) is 37.1 Å². The van der Waals surface area contributed by atoms with Crippen LogP contribution in [0.2, 0.25) is 10.0 Å². The summed E-state index contributed by atoms with van der Waals surface area (Å²) in [5.74, 6) is -0.237. The summed E-state index contributed by atoms with van der Waals surface area (Å²) in [5.41, 5.74) is 2.55. The number of quaternary nitrogens is 1. The van der Waals surface area contributed by atoms with Crippen LogP contribution < -0.4 is 15.1 Å². The summed E-state index contributed by atoms with van der Waals surface area (Å²) in [4.78, 5) is 27.8. The second kappa shape index (κ2) is 8.30. The van der Waals surface area contributed by atoms with E-state index in [4.69, 9.17) is 23.2 Å². The highest BCUT2D eigenvalue weighted by atomic mass is 35.5. The topological polar surface area (TPSA) is 53.9 Å². The smallest absolute Gasteiger partial charge is 0.282 e. The van der Waals surface area contributed by atoms with Gasteiger partial charge in [0.25, 0.3) is 11.8 Å². The molecule has 1 aliphatic rings. The molecule has 0 spiro atoms. The highest BCUT2D eigenvalue weighted by Gasteiger charge is 2.32. The van der Waals surface area contributed by atoms with Crippen LogP contribution >= 0.6 is 23.2 Å². The van der Waals surface area contributed by atoms with E-state index >= 15 is 0 Å². The molecule has 0 aromatic heterocycles. The summed E-state index contributed by atoms with van der Waals surface area (Å²) in [7, 11) is 1.82. The van der Waals surface area contributed by atoms with Crippen LogP contribution in [0.1, 0.15) is 12.5 Å². The second-order valence-electron chi connectivity index (χ2n) is 6.90. The van der Waals surface area contributed by atoms with Crippen molar-refractivity contribution in [2.45, 2.75) is 19.4 Å². The molecular formula is C20H22Cl2N3O2+. The Kier molecular flexibility index (Phi) is 6.05. The number of carbonyl (C=O) groups is 2. The van der Waals surface area contributed by atoms with Crippen LogP contribution in [0.5, 0.6) is 0 Å². The van der Waals surface area contributed by atoms with Gasteiger partial charge in [-0.25, -0.2) is 0 Å². The highest BCUT2D eigenvalue weighted by molar-refractivity contribution is 6.39. The van der Waals surface area contributed by atoms with E-state index in [0.29, 0.717) is 15.7 Å². The standard InChI is InChI=1S/C20H21Cl2N3O2/c1-13-10-14-6-3-4-9-17(14)25(13)19(27)12-24(2)11-18(26)23-20-15(21)7-5-8-16(20)22/h3-9,13H,10-12H2,1-2H3,(H,23,26)/p+1/t13-/m0/s1. The lowest BCUT2D eigenvalue weighted by Crippen LogP contribution is -3.11. The Hall–Kier alpha value is -2.08. The van der Waals surface area contributed by atoms with Gasteiger partial charge in [0, 0.05) is 11.7 Å². The maximum Gasteiger partial charge on any atom is 0.282 e. The number of anilines is 2. The molecule has 142 valence electrons. The van der Waals surface area contributed by atoms with Crippen molar-refractivity contribution < 1.29 is 14.5 Å². The number of nitrogens with one attached hydrogen (secondary N) is 2. The highest BCUT2D eigenvalue weighted by Crippen LogP contribution is 2.31. The first kappa shape index (κ1) is 19.7. The molecular weight excluding hydrogens is 385 g/mol. The van der Waals surface area contributed by atoms with Gasteiger partial charge in [-0.15, -0.1) is 0 Å². The predicted octanol–water partition coefficient (Wildman–Crippen LogP) is 2.42. The molecule has 5 nitrogen and oxygen atoms in total. The lowest BCUT2D eigenvalue weighted by molar-refractivity contribution is -0.862. The molecule has 7 heteroatoms. The summed E-state index contributed by atoms with van der Waals surface area (Å²) in [5, 5.41) is 3.49. The van der Waals surface area contributed by atoms with Gasteiger partial charge >= 0.3 is 0 Å². The van der Waals surface area contributed by atoms with E-state index in [1.165, 1.54) is 5.56 Å². The van der Waals surface area contributed by atoms with Gasteiger partial charge < -0.3 is 15.1 Å². The fraction of sp³-hybridized carbons (Fsp3) is 0.300. The lowest BCUT2D eigenvalue weighted by Gasteiger charge is -2.24. The number of halogens is 2. The molecule has 2 aromatic carbocycles. The van der Waals surface area contributed by atoms with Crippen molar-refractivity contribution in [1.82, 2.24) is 0 Å². The molecule has 1 heterocycles. The zero-order valence-electron chi connectivity index (χ0n) is 15.3. The number of amides is 2. The average Bonchev–Trinajstić information content (AvgIpc) is 2.93. The molecule has 27 heavy (non-hydrogen) atoms. The van der Waals surface area contributed by atoms with Gasteiger partial charge in [0.15, 0.2) is 13.1 Å². The molecule has 0 fully saturated rings. The molecule has 0 aliphatic carbocycles. The van der Waals surface area contributed by atoms with Crippen LogP contribution in [0.15, 0.2) is 42.5 Å². The van der Waals surface area contributed by atoms with Gasteiger partial charge in [0.05, 0.1) is 22.8 Å². The van der Waals surface area contributed by atoms with Crippen molar-refractivity contribution >= 4 is 46.4 Å². The van der Waals surface area contributed by atoms with Crippen LogP contribution in [0.4, 0.5) is 11.4 Å². The second-order valence-corrected chi connectivity index (χ2v) is 7.72. The van der Waals surface area contributed by atoms with E-state index in [-0.39, 0.29) is 30.9 Å². The third-order valence-electron chi connectivity index (χ3n) is 4.62. The van der Waals surface area contributed by atoms with Crippen molar-refractivity contribution in [3.05, 3.63) is 58.1 Å². The molecule has 0 saturated heterocycles. The Morgan fingerprint density at radius 3 is 2.48 bits per heavy atom. The van der Waals surface area contributed by atoms with E-state index in [9.17, 15) is 9.59 Å². The van der Waals surface area contributed by atoms with Crippen molar-refractivity contribution in [2.75, 3.05) is 30.4 Å². The Morgan fingerprint density at radius 1 is 1.11 bits per heavy atom. The summed E-state index contributed by atoms with van der Waals surface area (Å²) in [6.07, 6.45) is 0.854. The largest absolute Gasteiger partial charge is 0.322 e. The Bertz CT molecular complexity index is 852. The quantitative estimate of drug-likeness (QED) is 0.800. The molecule has 0 bridgehead atoms. The van der Waals surface area contributed by atoms with Gasteiger partial charge in [-0.05, 0) is 37.1 Å². The SMILES string of the molecule is C[C@H]1Cc2ccccc2N1C(=O)C[NH+](C)CC(=O)Nc1c(Cl)cccc1Cl. The molecule has 2 atom stereocenters. The number of fused-ring (bicyclic) bond motifs is 1.